The summed E-state index contributed by atoms with van der Waals surface area (Å²) < 4.78 is 77.8. The van der Waals surface area contributed by atoms with Gasteiger partial charge in [-0.05, 0) is 41.5 Å². The summed E-state index contributed by atoms with van der Waals surface area (Å²) in [4.78, 5) is 8.38. The van der Waals surface area contributed by atoms with Crippen molar-refractivity contribution in [2.24, 2.45) is 0 Å². The lowest BCUT2D eigenvalue weighted by Gasteiger charge is -2.16. The third-order valence-electron chi connectivity index (χ3n) is 5.08. The number of hydrogen-bond donors (Lipinski definition) is 3. The molecule has 0 atom stereocenters. The van der Waals surface area contributed by atoms with E-state index < -0.39 is 23.5 Å². The van der Waals surface area contributed by atoms with Gasteiger partial charge in [0.25, 0.3) is 0 Å². The van der Waals surface area contributed by atoms with E-state index in [0.29, 0.717) is 11.1 Å². The number of aromatic nitrogens is 2. The van der Waals surface area contributed by atoms with Crippen LogP contribution in [0.2, 0.25) is 0 Å². The molecule has 11 heteroatoms. The number of alkyl halides is 6. The fraction of sp³-hybridized carbons (Fsp3) is 0.0909. The summed E-state index contributed by atoms with van der Waals surface area (Å²) in [6, 6.07) is 10.00. The van der Waals surface area contributed by atoms with Crippen LogP contribution >= 0.6 is 0 Å². The molecular weight excluding hydrogens is 448 g/mol. The van der Waals surface area contributed by atoms with Crippen LogP contribution in [0.5, 0.6) is 0 Å². The van der Waals surface area contributed by atoms with Gasteiger partial charge in [0.1, 0.15) is 5.52 Å². The molecule has 4 rings (SSSR count). The monoisotopic (exact) mass is 463 g/mol. The van der Waals surface area contributed by atoms with Crippen LogP contribution < -0.4 is 17.2 Å². The van der Waals surface area contributed by atoms with Gasteiger partial charge in [-0.3, -0.25) is 0 Å². The maximum Gasteiger partial charge on any atom is 0.416 e. The van der Waals surface area contributed by atoms with Crippen LogP contribution in [0.4, 0.5) is 43.7 Å². The molecule has 0 fully saturated rings. The second-order valence-corrected chi connectivity index (χ2v) is 7.22. The Morgan fingerprint density at radius 1 is 0.606 bits per heavy atom. The predicted molar refractivity (Wildman–Crippen MR) is 114 cm³/mol. The largest absolute Gasteiger partial charge is 0.416 e. The van der Waals surface area contributed by atoms with E-state index in [0.717, 1.165) is 24.3 Å². The average Bonchev–Trinajstić information content (AvgIpc) is 2.74. The Morgan fingerprint density at radius 3 is 1.55 bits per heavy atom. The second-order valence-electron chi connectivity index (χ2n) is 7.22. The van der Waals surface area contributed by atoms with Crippen LogP contribution in [0, 0.1) is 0 Å². The minimum atomic E-state index is -4.53. The van der Waals surface area contributed by atoms with Crippen molar-refractivity contribution in [1.82, 2.24) is 9.97 Å². The molecule has 0 aliphatic carbocycles. The van der Waals surface area contributed by atoms with E-state index in [1.165, 1.54) is 30.3 Å². The molecule has 33 heavy (non-hydrogen) atoms. The molecule has 0 saturated carbocycles. The van der Waals surface area contributed by atoms with Crippen molar-refractivity contribution < 1.29 is 26.3 Å². The van der Waals surface area contributed by atoms with Gasteiger partial charge >= 0.3 is 12.4 Å². The summed E-state index contributed by atoms with van der Waals surface area (Å²) in [5, 5.41) is 0. The van der Waals surface area contributed by atoms with Crippen molar-refractivity contribution in [1.29, 1.82) is 0 Å². The normalized spacial score (nSPS) is 12.3. The van der Waals surface area contributed by atoms with Gasteiger partial charge in [0.05, 0.1) is 16.6 Å². The molecule has 1 aromatic heterocycles. The number of nitrogens with two attached hydrogens (primary N) is 3. The number of nitrogens with zero attached hydrogens (tertiary/aromatic N) is 2. The summed E-state index contributed by atoms with van der Waals surface area (Å²) in [6.07, 6.45) is -9.05. The van der Waals surface area contributed by atoms with Crippen molar-refractivity contribution in [3.8, 4) is 22.3 Å². The van der Waals surface area contributed by atoms with Crippen LogP contribution in [-0.2, 0) is 12.4 Å². The average molecular weight is 463 g/mol. The predicted octanol–water partition coefficient (Wildman–Crippen LogP) is 5.75. The lowest BCUT2D eigenvalue weighted by molar-refractivity contribution is -0.138. The number of fused-ring (bicyclic) bond motifs is 1. The smallest absolute Gasteiger partial charge is 0.398 e. The topological polar surface area (TPSA) is 104 Å². The fourth-order valence-electron chi connectivity index (χ4n) is 3.43. The Balaban J connectivity index is 1.97. The Morgan fingerprint density at radius 2 is 1.06 bits per heavy atom. The highest BCUT2D eigenvalue weighted by Crippen LogP contribution is 2.42. The highest BCUT2D eigenvalue weighted by Gasteiger charge is 2.31. The molecule has 3 aromatic carbocycles. The van der Waals surface area contributed by atoms with Gasteiger partial charge in [-0.2, -0.15) is 26.3 Å². The summed E-state index contributed by atoms with van der Waals surface area (Å²) in [5.41, 5.74) is 17.9. The van der Waals surface area contributed by atoms with E-state index in [1.807, 2.05) is 0 Å². The van der Waals surface area contributed by atoms with Gasteiger partial charge in [0.2, 0.25) is 0 Å². The molecule has 0 saturated heterocycles. The quantitative estimate of drug-likeness (QED) is 0.260. The first-order valence-corrected chi connectivity index (χ1v) is 9.36. The van der Waals surface area contributed by atoms with E-state index in [1.54, 1.807) is 0 Å². The number of halogens is 6. The van der Waals surface area contributed by atoms with E-state index >= 15 is 0 Å². The first-order valence-electron chi connectivity index (χ1n) is 9.36. The summed E-state index contributed by atoms with van der Waals surface area (Å²) >= 11 is 0. The number of anilines is 3. The van der Waals surface area contributed by atoms with Crippen molar-refractivity contribution in [2.45, 2.75) is 12.4 Å². The molecule has 4 aromatic rings. The SMILES string of the molecule is Nc1nc2cc(-c3ccc(C(F)(F)F)cc3)c(N)c(-c3ccc(C(F)(F)F)cc3)c2nc1N. The zero-order valence-corrected chi connectivity index (χ0v) is 16.6. The number of rotatable bonds is 2. The highest BCUT2D eigenvalue weighted by atomic mass is 19.4. The lowest BCUT2D eigenvalue weighted by Crippen LogP contribution is -2.06. The van der Waals surface area contributed by atoms with Gasteiger partial charge in [-0.25, -0.2) is 9.97 Å². The molecule has 6 N–H and O–H groups in total. The third kappa shape index (κ3) is 4.09. The van der Waals surface area contributed by atoms with E-state index in [2.05, 4.69) is 9.97 Å². The highest BCUT2D eigenvalue weighted by molar-refractivity contribution is 6.05. The van der Waals surface area contributed by atoms with Crippen molar-refractivity contribution in [3.63, 3.8) is 0 Å². The molecule has 0 aliphatic rings. The number of nitrogen functional groups attached to an aromatic ring is 3. The first kappa shape index (κ1) is 22.2. The van der Waals surface area contributed by atoms with Crippen molar-refractivity contribution in [3.05, 3.63) is 65.7 Å². The molecule has 0 amide bonds. The Kier molecular flexibility index (Phi) is 5.07. The van der Waals surface area contributed by atoms with Crippen LogP contribution in [0.25, 0.3) is 33.3 Å². The van der Waals surface area contributed by atoms with Gasteiger partial charge in [0.15, 0.2) is 11.6 Å². The molecule has 0 aliphatic heterocycles. The Bertz CT molecular complexity index is 1340. The molecule has 0 radical (unpaired) electrons. The van der Waals surface area contributed by atoms with E-state index in [4.69, 9.17) is 17.2 Å². The summed E-state index contributed by atoms with van der Waals surface area (Å²) in [5.74, 6) is -0.179. The van der Waals surface area contributed by atoms with E-state index in [-0.39, 0.29) is 39.5 Å². The number of benzene rings is 3. The molecule has 0 spiro atoms. The zero-order chi connectivity index (χ0) is 24.1. The van der Waals surface area contributed by atoms with Gasteiger partial charge in [0, 0.05) is 16.8 Å². The molecule has 170 valence electrons. The lowest BCUT2D eigenvalue weighted by atomic mass is 9.93. The molecule has 0 bridgehead atoms. The Hall–Kier alpha value is -4.02. The standard InChI is InChI=1S/C22H15F6N5/c23-21(24,25)12-5-1-10(2-6-12)14-9-15-18(33-20(31)19(30)32-15)16(17(14)29)11-3-7-13(8-4-11)22(26,27)28/h1-9H,29H2,(H2,30,32)(H2,31,33). The Labute approximate surface area is 182 Å². The van der Waals surface area contributed by atoms with Crippen LogP contribution in [0.3, 0.4) is 0 Å². The van der Waals surface area contributed by atoms with Crippen LogP contribution in [0.1, 0.15) is 11.1 Å². The van der Waals surface area contributed by atoms with Crippen LogP contribution in [0.15, 0.2) is 54.6 Å². The van der Waals surface area contributed by atoms with Gasteiger partial charge < -0.3 is 17.2 Å². The van der Waals surface area contributed by atoms with Crippen molar-refractivity contribution in [2.75, 3.05) is 17.2 Å². The minimum absolute atomic E-state index is 0.0796. The number of hydrogen-bond acceptors (Lipinski definition) is 5. The third-order valence-corrected chi connectivity index (χ3v) is 5.08. The molecule has 0 unspecified atom stereocenters. The maximum atomic E-state index is 13.0. The van der Waals surface area contributed by atoms with Gasteiger partial charge in [-0.1, -0.05) is 24.3 Å². The summed E-state index contributed by atoms with van der Waals surface area (Å²) in [6.45, 7) is 0. The zero-order valence-electron chi connectivity index (χ0n) is 16.6. The first-order chi connectivity index (χ1) is 15.4. The van der Waals surface area contributed by atoms with Crippen molar-refractivity contribution >= 4 is 28.4 Å². The fourth-order valence-corrected chi connectivity index (χ4v) is 3.43. The van der Waals surface area contributed by atoms with Crippen LogP contribution in [-0.4, -0.2) is 9.97 Å². The minimum Gasteiger partial charge on any atom is -0.398 e. The molecule has 5 nitrogen and oxygen atoms in total. The summed E-state index contributed by atoms with van der Waals surface area (Å²) in [7, 11) is 0. The second kappa shape index (κ2) is 7.54. The molecule has 1 heterocycles. The maximum absolute atomic E-state index is 13.0. The molecular formula is C22H15F6N5. The van der Waals surface area contributed by atoms with E-state index in [9.17, 15) is 26.3 Å². The van der Waals surface area contributed by atoms with Gasteiger partial charge in [-0.15, -0.1) is 0 Å².